The minimum absolute atomic E-state index is 0.249. The lowest BCUT2D eigenvalue weighted by Gasteiger charge is -2.30. The lowest BCUT2D eigenvalue weighted by molar-refractivity contribution is 0.354. The molecule has 0 aromatic heterocycles. The molecule has 2 aromatic carbocycles. The normalized spacial score (nSPS) is 15.4. The van der Waals surface area contributed by atoms with Crippen LogP contribution in [0.25, 0.3) is 11.1 Å². The Morgan fingerprint density at radius 2 is 1.15 bits per heavy atom. The second kappa shape index (κ2) is 10.4. The number of hydrogen-bond acceptors (Lipinski definition) is 3. The van der Waals surface area contributed by atoms with E-state index in [4.69, 9.17) is 4.52 Å². The van der Waals surface area contributed by atoms with Crippen LogP contribution in [0.1, 0.15) is 103 Å². The van der Waals surface area contributed by atoms with Crippen LogP contribution in [0.3, 0.4) is 0 Å². The third kappa shape index (κ3) is 4.82. The fourth-order valence-electron chi connectivity index (χ4n) is 5.52. The van der Waals surface area contributed by atoms with Gasteiger partial charge < -0.3 is 9.63 Å². The minimum atomic E-state index is 0.249. The smallest absolute Gasteiger partial charge is 0.149 e. The molecule has 0 bridgehead atoms. The predicted molar refractivity (Wildman–Crippen MR) is 145 cm³/mol. The molecule has 1 aliphatic rings. The maximum absolute atomic E-state index is 11.7. The summed E-state index contributed by atoms with van der Waals surface area (Å²) >= 11 is 0. The Bertz CT molecular complexity index is 1030. The molecule has 1 atom stereocenters. The SMILES string of the molecule is Cc1c(C)c(-c2c(C)c(C)c(C)c(C(C)C)c2OPN2CCCCC2)c(O)c(C(C)C)c1C. The Kier molecular flexibility index (Phi) is 8.18. The van der Waals surface area contributed by atoms with Crippen molar-refractivity contribution >= 4 is 8.96 Å². The van der Waals surface area contributed by atoms with E-state index in [2.05, 4.69) is 73.9 Å². The van der Waals surface area contributed by atoms with Crippen LogP contribution in [-0.2, 0) is 0 Å². The molecule has 182 valence electrons. The number of aromatic hydroxyl groups is 1. The summed E-state index contributed by atoms with van der Waals surface area (Å²) in [5, 5.41) is 11.7. The van der Waals surface area contributed by atoms with Gasteiger partial charge in [-0.05, 0) is 99.6 Å². The molecule has 1 heterocycles. The summed E-state index contributed by atoms with van der Waals surface area (Å²) in [5.74, 6) is 1.99. The van der Waals surface area contributed by atoms with Gasteiger partial charge in [-0.2, -0.15) is 0 Å². The van der Waals surface area contributed by atoms with Crippen molar-refractivity contribution in [2.75, 3.05) is 13.1 Å². The summed E-state index contributed by atoms with van der Waals surface area (Å²) in [6, 6.07) is 0. The Morgan fingerprint density at radius 3 is 1.67 bits per heavy atom. The van der Waals surface area contributed by atoms with Crippen molar-refractivity contribution in [3.8, 4) is 22.6 Å². The van der Waals surface area contributed by atoms with Crippen LogP contribution in [0.15, 0.2) is 0 Å². The van der Waals surface area contributed by atoms with Crippen LogP contribution >= 0.6 is 8.96 Å². The average Bonchev–Trinajstić information content (AvgIpc) is 2.76. The number of hydrogen-bond donors (Lipinski definition) is 1. The van der Waals surface area contributed by atoms with Crippen molar-refractivity contribution in [3.63, 3.8) is 0 Å². The lowest BCUT2D eigenvalue weighted by Crippen LogP contribution is -2.22. The van der Waals surface area contributed by atoms with Gasteiger partial charge in [0.1, 0.15) is 20.5 Å². The molecule has 0 amide bonds. The van der Waals surface area contributed by atoms with Crippen LogP contribution in [0, 0.1) is 41.5 Å². The second-order valence-electron chi connectivity index (χ2n) is 10.6. The second-order valence-corrected chi connectivity index (χ2v) is 11.6. The molecule has 3 rings (SSSR count). The first kappa shape index (κ1) is 26.0. The van der Waals surface area contributed by atoms with Gasteiger partial charge >= 0.3 is 0 Å². The van der Waals surface area contributed by atoms with Gasteiger partial charge in [-0.25, -0.2) is 0 Å². The number of phenols is 1. The van der Waals surface area contributed by atoms with Gasteiger partial charge in [0, 0.05) is 35.3 Å². The molecule has 1 unspecified atom stereocenters. The number of phenolic OH excluding ortho intramolecular Hbond substituents is 1. The third-order valence-electron chi connectivity index (χ3n) is 7.81. The number of piperidine rings is 1. The van der Waals surface area contributed by atoms with E-state index in [-0.39, 0.29) is 5.92 Å². The predicted octanol–water partition coefficient (Wildman–Crippen LogP) is 8.53. The fraction of sp³-hybridized carbons (Fsp3) is 0.586. The molecule has 3 nitrogen and oxygen atoms in total. The highest BCUT2D eigenvalue weighted by Crippen LogP contribution is 2.51. The quantitative estimate of drug-likeness (QED) is 0.430. The molecule has 2 aromatic rings. The van der Waals surface area contributed by atoms with Crippen LogP contribution in [-0.4, -0.2) is 22.9 Å². The molecule has 1 fully saturated rings. The maximum atomic E-state index is 11.7. The van der Waals surface area contributed by atoms with E-state index in [0.717, 1.165) is 41.1 Å². The van der Waals surface area contributed by atoms with E-state index >= 15 is 0 Å². The van der Waals surface area contributed by atoms with E-state index in [9.17, 15) is 5.11 Å². The standard InChI is InChI=1S/C29H44NO2P/c1-16(2)24-20(7)18(5)22(9)26(28(24)31)27-23(10)19(6)21(8)25(17(3)4)29(27)32-33-30-14-12-11-13-15-30/h16-17,31,33H,11-15H2,1-10H3. The third-order valence-corrected chi connectivity index (χ3v) is 8.81. The molecule has 4 heteroatoms. The summed E-state index contributed by atoms with van der Waals surface area (Å²) < 4.78 is 9.22. The topological polar surface area (TPSA) is 32.7 Å². The van der Waals surface area contributed by atoms with Crippen molar-refractivity contribution in [1.29, 1.82) is 0 Å². The summed E-state index contributed by atoms with van der Waals surface area (Å²) in [5.41, 5.74) is 11.8. The molecular weight excluding hydrogens is 425 g/mol. The molecule has 1 N–H and O–H groups in total. The van der Waals surface area contributed by atoms with Gasteiger partial charge in [0.25, 0.3) is 0 Å². The molecule has 0 radical (unpaired) electrons. The van der Waals surface area contributed by atoms with Crippen LogP contribution in [0.2, 0.25) is 0 Å². The number of nitrogens with zero attached hydrogens (tertiary/aromatic N) is 1. The molecule has 33 heavy (non-hydrogen) atoms. The van der Waals surface area contributed by atoms with Crippen molar-refractivity contribution in [2.45, 2.75) is 100 Å². The Morgan fingerprint density at radius 1 is 0.667 bits per heavy atom. The van der Waals surface area contributed by atoms with E-state index in [1.807, 2.05) is 0 Å². The minimum Gasteiger partial charge on any atom is -0.507 e. The van der Waals surface area contributed by atoms with Gasteiger partial charge in [-0.3, -0.25) is 4.67 Å². The van der Waals surface area contributed by atoms with E-state index < -0.39 is 0 Å². The zero-order valence-corrected chi connectivity index (χ0v) is 23.5. The first-order chi connectivity index (χ1) is 15.5. The highest BCUT2D eigenvalue weighted by Gasteiger charge is 2.28. The Hall–Kier alpha value is -1.57. The van der Waals surface area contributed by atoms with Gasteiger partial charge in [-0.15, -0.1) is 0 Å². The molecular formula is C29H44NO2P. The van der Waals surface area contributed by atoms with Crippen LogP contribution in [0.4, 0.5) is 0 Å². The largest absolute Gasteiger partial charge is 0.507 e. The summed E-state index contributed by atoms with van der Waals surface area (Å²) in [4.78, 5) is 0. The van der Waals surface area contributed by atoms with Crippen molar-refractivity contribution in [2.24, 2.45) is 0 Å². The first-order valence-corrected chi connectivity index (χ1v) is 13.5. The van der Waals surface area contributed by atoms with Gasteiger partial charge in [-0.1, -0.05) is 34.1 Å². The van der Waals surface area contributed by atoms with Crippen LogP contribution < -0.4 is 4.52 Å². The highest BCUT2D eigenvalue weighted by atomic mass is 31.1. The number of rotatable bonds is 6. The highest BCUT2D eigenvalue weighted by molar-refractivity contribution is 7.29. The Labute approximate surface area is 203 Å². The molecule has 0 saturated carbocycles. The van der Waals surface area contributed by atoms with E-state index in [1.54, 1.807) is 0 Å². The zero-order valence-electron chi connectivity index (χ0n) is 22.5. The molecule has 1 saturated heterocycles. The van der Waals surface area contributed by atoms with E-state index in [0.29, 0.717) is 20.6 Å². The van der Waals surface area contributed by atoms with Gasteiger partial charge in [0.2, 0.25) is 0 Å². The maximum Gasteiger partial charge on any atom is 0.149 e. The average molecular weight is 470 g/mol. The molecule has 1 aliphatic heterocycles. The summed E-state index contributed by atoms with van der Waals surface area (Å²) in [6.07, 6.45) is 3.82. The van der Waals surface area contributed by atoms with Crippen molar-refractivity contribution < 1.29 is 9.63 Å². The summed E-state index contributed by atoms with van der Waals surface area (Å²) in [6.45, 7) is 24.2. The summed E-state index contributed by atoms with van der Waals surface area (Å²) in [7, 11) is 0.312. The first-order valence-electron chi connectivity index (χ1n) is 12.6. The van der Waals surface area contributed by atoms with Crippen molar-refractivity contribution in [1.82, 2.24) is 4.67 Å². The molecule has 0 aliphatic carbocycles. The van der Waals surface area contributed by atoms with Gasteiger partial charge in [0.15, 0.2) is 0 Å². The lowest BCUT2D eigenvalue weighted by atomic mass is 9.80. The Balaban J connectivity index is 2.34. The monoisotopic (exact) mass is 469 g/mol. The zero-order chi connectivity index (χ0) is 24.6. The van der Waals surface area contributed by atoms with Crippen LogP contribution in [0.5, 0.6) is 11.5 Å². The fourth-order valence-corrected chi connectivity index (χ4v) is 6.45. The number of benzene rings is 2. The van der Waals surface area contributed by atoms with E-state index in [1.165, 1.54) is 52.6 Å². The molecule has 0 spiro atoms. The van der Waals surface area contributed by atoms with Gasteiger partial charge in [0.05, 0.1) is 0 Å². The van der Waals surface area contributed by atoms with Crippen molar-refractivity contribution in [3.05, 3.63) is 44.5 Å².